The lowest BCUT2D eigenvalue weighted by atomic mass is 10.2. The maximum absolute atomic E-state index is 5.61. The van der Waals surface area contributed by atoms with Crippen molar-refractivity contribution in [3.8, 4) is 0 Å². The van der Waals surface area contributed by atoms with Crippen molar-refractivity contribution < 1.29 is 4.52 Å². The molecule has 1 atom stereocenters. The zero-order valence-corrected chi connectivity index (χ0v) is 8.42. The van der Waals surface area contributed by atoms with Crippen LogP contribution in [0.4, 0.5) is 0 Å². The lowest BCUT2D eigenvalue weighted by molar-refractivity contribution is 0.358. The van der Waals surface area contributed by atoms with Crippen LogP contribution in [-0.2, 0) is 6.42 Å². The van der Waals surface area contributed by atoms with Gasteiger partial charge >= 0.3 is 0 Å². The van der Waals surface area contributed by atoms with E-state index in [-0.39, 0.29) is 6.04 Å². The summed E-state index contributed by atoms with van der Waals surface area (Å²) in [7, 11) is 0. The summed E-state index contributed by atoms with van der Waals surface area (Å²) in [4.78, 5) is 8.12. The maximum Gasteiger partial charge on any atom is 0.243 e. The quantitative estimate of drug-likeness (QED) is 0.809. The summed E-state index contributed by atoms with van der Waals surface area (Å²) in [6, 6.07) is 3.62. The molecule has 0 fully saturated rings. The molecule has 2 rings (SSSR count). The second-order valence-electron chi connectivity index (χ2n) is 3.37. The number of rotatable bonds is 3. The van der Waals surface area contributed by atoms with Gasteiger partial charge in [0.05, 0.1) is 6.04 Å². The van der Waals surface area contributed by atoms with E-state index in [1.807, 2.05) is 19.1 Å². The predicted molar refractivity (Wildman–Crippen MR) is 53.9 cm³/mol. The van der Waals surface area contributed by atoms with Crippen LogP contribution in [-0.4, -0.2) is 15.1 Å². The smallest absolute Gasteiger partial charge is 0.243 e. The number of pyridine rings is 1. The summed E-state index contributed by atoms with van der Waals surface area (Å²) in [5.41, 5.74) is 6.71. The third kappa shape index (κ3) is 2.38. The fourth-order valence-corrected chi connectivity index (χ4v) is 1.21. The fourth-order valence-electron chi connectivity index (χ4n) is 1.21. The van der Waals surface area contributed by atoms with E-state index in [0.29, 0.717) is 18.1 Å². The Labute approximate surface area is 87.3 Å². The Kier molecular flexibility index (Phi) is 2.73. The molecular weight excluding hydrogens is 192 g/mol. The number of hydrogen-bond acceptors (Lipinski definition) is 5. The minimum absolute atomic E-state index is 0.219. The molecule has 0 aliphatic rings. The van der Waals surface area contributed by atoms with Crippen LogP contribution >= 0.6 is 0 Å². The topological polar surface area (TPSA) is 77.8 Å². The first-order valence-electron chi connectivity index (χ1n) is 4.72. The molecule has 0 bridgehead atoms. The molecule has 0 aliphatic heterocycles. The van der Waals surface area contributed by atoms with Crippen molar-refractivity contribution in [3.05, 3.63) is 41.8 Å². The first-order chi connectivity index (χ1) is 7.25. The Morgan fingerprint density at radius 3 is 2.73 bits per heavy atom. The van der Waals surface area contributed by atoms with Crippen molar-refractivity contribution in [2.45, 2.75) is 19.4 Å². The van der Waals surface area contributed by atoms with Gasteiger partial charge < -0.3 is 10.3 Å². The maximum atomic E-state index is 5.61. The SMILES string of the molecule is C[C@@H](N)c1nc(Cc2ccncc2)no1. The van der Waals surface area contributed by atoms with Crippen molar-refractivity contribution >= 4 is 0 Å². The van der Waals surface area contributed by atoms with E-state index in [1.54, 1.807) is 12.4 Å². The fraction of sp³-hybridized carbons (Fsp3) is 0.300. The van der Waals surface area contributed by atoms with Gasteiger partial charge in [-0.1, -0.05) is 5.16 Å². The first kappa shape index (κ1) is 9.79. The van der Waals surface area contributed by atoms with Crippen molar-refractivity contribution in [2.75, 3.05) is 0 Å². The molecular formula is C10H12N4O. The number of nitrogens with two attached hydrogens (primary N) is 1. The van der Waals surface area contributed by atoms with Crippen molar-refractivity contribution in [2.24, 2.45) is 5.73 Å². The molecule has 2 N–H and O–H groups in total. The minimum Gasteiger partial charge on any atom is -0.338 e. The summed E-state index contributed by atoms with van der Waals surface area (Å²) in [5.74, 6) is 1.12. The predicted octanol–water partition coefficient (Wildman–Crippen LogP) is 1.08. The van der Waals surface area contributed by atoms with E-state index in [1.165, 1.54) is 0 Å². The minimum atomic E-state index is -0.219. The number of nitrogens with zero attached hydrogens (tertiary/aromatic N) is 3. The molecule has 0 aromatic carbocycles. The molecule has 0 aliphatic carbocycles. The Hall–Kier alpha value is -1.75. The summed E-state index contributed by atoms with van der Waals surface area (Å²) < 4.78 is 5.00. The average Bonchev–Trinajstić information content (AvgIpc) is 2.68. The zero-order chi connectivity index (χ0) is 10.7. The second-order valence-corrected chi connectivity index (χ2v) is 3.37. The molecule has 0 amide bonds. The highest BCUT2D eigenvalue weighted by molar-refractivity contribution is 5.14. The van der Waals surface area contributed by atoms with Gasteiger partial charge in [0.25, 0.3) is 0 Å². The normalized spacial score (nSPS) is 12.7. The molecule has 0 spiro atoms. The van der Waals surface area contributed by atoms with Gasteiger partial charge in [0.15, 0.2) is 5.82 Å². The van der Waals surface area contributed by atoms with Gasteiger partial charge in [-0.25, -0.2) is 0 Å². The Bertz CT molecular complexity index is 424. The molecule has 2 aromatic heterocycles. The molecule has 78 valence electrons. The zero-order valence-electron chi connectivity index (χ0n) is 8.42. The highest BCUT2D eigenvalue weighted by atomic mass is 16.5. The third-order valence-corrected chi connectivity index (χ3v) is 1.98. The van der Waals surface area contributed by atoms with Gasteiger partial charge in [0.2, 0.25) is 5.89 Å². The van der Waals surface area contributed by atoms with Crippen LogP contribution in [0, 0.1) is 0 Å². The van der Waals surface area contributed by atoms with E-state index in [4.69, 9.17) is 10.3 Å². The highest BCUT2D eigenvalue weighted by Gasteiger charge is 2.10. The molecule has 2 aromatic rings. The molecule has 0 saturated carbocycles. The van der Waals surface area contributed by atoms with E-state index in [9.17, 15) is 0 Å². The van der Waals surface area contributed by atoms with Gasteiger partial charge in [0.1, 0.15) is 0 Å². The standard InChI is InChI=1S/C10H12N4O/c1-7(11)10-13-9(14-15-10)6-8-2-4-12-5-3-8/h2-5,7H,6,11H2,1H3/t7-/m1/s1. The van der Waals surface area contributed by atoms with Gasteiger partial charge in [-0.05, 0) is 24.6 Å². The first-order valence-corrected chi connectivity index (χ1v) is 4.72. The molecule has 0 unspecified atom stereocenters. The lowest BCUT2D eigenvalue weighted by Gasteiger charge is -1.94. The van der Waals surface area contributed by atoms with Crippen LogP contribution < -0.4 is 5.73 Å². The highest BCUT2D eigenvalue weighted by Crippen LogP contribution is 2.09. The van der Waals surface area contributed by atoms with Gasteiger partial charge in [-0.2, -0.15) is 4.98 Å². The van der Waals surface area contributed by atoms with Crippen molar-refractivity contribution in [3.63, 3.8) is 0 Å². The van der Waals surface area contributed by atoms with E-state index in [2.05, 4.69) is 15.1 Å². The van der Waals surface area contributed by atoms with Crippen LogP contribution in [0.5, 0.6) is 0 Å². The molecule has 5 nitrogen and oxygen atoms in total. The van der Waals surface area contributed by atoms with Gasteiger partial charge in [0, 0.05) is 18.8 Å². The molecule has 15 heavy (non-hydrogen) atoms. The van der Waals surface area contributed by atoms with Crippen molar-refractivity contribution in [1.82, 2.24) is 15.1 Å². The number of hydrogen-bond donors (Lipinski definition) is 1. The Balaban J connectivity index is 2.12. The van der Waals surface area contributed by atoms with Gasteiger partial charge in [-0.3, -0.25) is 4.98 Å². The molecule has 5 heteroatoms. The number of aromatic nitrogens is 3. The van der Waals surface area contributed by atoms with Crippen LogP contribution in [0.3, 0.4) is 0 Å². The van der Waals surface area contributed by atoms with E-state index < -0.39 is 0 Å². The largest absolute Gasteiger partial charge is 0.338 e. The Morgan fingerprint density at radius 1 is 1.40 bits per heavy atom. The van der Waals surface area contributed by atoms with Crippen LogP contribution in [0.1, 0.15) is 30.2 Å². The van der Waals surface area contributed by atoms with Crippen molar-refractivity contribution in [1.29, 1.82) is 0 Å². The Morgan fingerprint density at radius 2 is 2.13 bits per heavy atom. The summed E-state index contributed by atoms with van der Waals surface area (Å²) >= 11 is 0. The lowest BCUT2D eigenvalue weighted by Crippen LogP contribution is -2.05. The van der Waals surface area contributed by atoms with Crippen LogP contribution in [0.15, 0.2) is 29.0 Å². The third-order valence-electron chi connectivity index (χ3n) is 1.98. The van der Waals surface area contributed by atoms with Crippen LogP contribution in [0.2, 0.25) is 0 Å². The summed E-state index contributed by atoms with van der Waals surface area (Å²) in [5, 5.41) is 3.85. The van der Waals surface area contributed by atoms with Gasteiger partial charge in [-0.15, -0.1) is 0 Å². The van der Waals surface area contributed by atoms with E-state index in [0.717, 1.165) is 5.56 Å². The monoisotopic (exact) mass is 204 g/mol. The summed E-state index contributed by atoms with van der Waals surface area (Å²) in [6.45, 7) is 1.81. The average molecular weight is 204 g/mol. The molecule has 2 heterocycles. The molecule has 0 saturated heterocycles. The summed E-state index contributed by atoms with van der Waals surface area (Å²) in [6.07, 6.45) is 4.11. The molecule has 0 radical (unpaired) electrons. The van der Waals surface area contributed by atoms with Crippen LogP contribution in [0.25, 0.3) is 0 Å². The second kappa shape index (κ2) is 4.18. The van der Waals surface area contributed by atoms with E-state index >= 15 is 0 Å².